The van der Waals surface area contributed by atoms with Gasteiger partial charge in [0.15, 0.2) is 0 Å². The van der Waals surface area contributed by atoms with E-state index in [9.17, 15) is 0 Å². The number of hydrogen-bond donors (Lipinski definition) is 1. The molecule has 0 fully saturated rings. The predicted octanol–water partition coefficient (Wildman–Crippen LogP) is 4.28. The molecule has 0 amide bonds. The van der Waals surface area contributed by atoms with Gasteiger partial charge in [-0.2, -0.15) is 0 Å². The number of benzene rings is 2. The Morgan fingerprint density at radius 3 is 2.38 bits per heavy atom. The predicted molar refractivity (Wildman–Crippen MR) is 89.8 cm³/mol. The van der Waals surface area contributed by atoms with Crippen molar-refractivity contribution >= 4 is 0 Å². The van der Waals surface area contributed by atoms with E-state index in [0.717, 1.165) is 0 Å². The van der Waals surface area contributed by atoms with Crippen molar-refractivity contribution in [3.05, 3.63) is 71.3 Å². The Morgan fingerprint density at radius 1 is 1.05 bits per heavy atom. The van der Waals surface area contributed by atoms with Crippen molar-refractivity contribution in [3.8, 4) is 0 Å². The summed E-state index contributed by atoms with van der Waals surface area (Å²) in [5.74, 6) is 0.710. The van der Waals surface area contributed by atoms with Gasteiger partial charge in [-0.1, -0.05) is 68.4 Å². The summed E-state index contributed by atoms with van der Waals surface area (Å²) in [6.07, 6.45) is 2.44. The van der Waals surface area contributed by atoms with Crippen LogP contribution in [-0.2, 0) is 11.8 Å². The van der Waals surface area contributed by atoms with Crippen LogP contribution in [0.5, 0.6) is 0 Å². The maximum absolute atomic E-state index is 3.57. The van der Waals surface area contributed by atoms with Crippen molar-refractivity contribution in [3.63, 3.8) is 0 Å². The van der Waals surface area contributed by atoms with Crippen molar-refractivity contribution in [1.29, 1.82) is 0 Å². The molecule has 0 spiro atoms. The first-order valence-electron chi connectivity index (χ1n) is 7.93. The van der Waals surface area contributed by atoms with Gasteiger partial charge in [-0.05, 0) is 42.5 Å². The summed E-state index contributed by atoms with van der Waals surface area (Å²) in [4.78, 5) is 0. The van der Waals surface area contributed by atoms with E-state index >= 15 is 0 Å². The maximum atomic E-state index is 3.57. The van der Waals surface area contributed by atoms with Crippen LogP contribution in [0.2, 0.25) is 0 Å². The average Bonchev–Trinajstić information content (AvgIpc) is 2.49. The zero-order valence-electron chi connectivity index (χ0n) is 13.3. The van der Waals surface area contributed by atoms with Crippen LogP contribution in [0, 0.1) is 0 Å². The molecule has 2 unspecified atom stereocenters. The molecule has 0 bridgehead atoms. The Morgan fingerprint density at radius 2 is 1.71 bits per heavy atom. The first kappa shape index (κ1) is 14.3. The Hall–Kier alpha value is -1.60. The number of nitrogens with one attached hydrogen (secondary N) is 1. The zero-order valence-corrected chi connectivity index (χ0v) is 13.3. The second kappa shape index (κ2) is 5.65. The molecule has 0 saturated carbocycles. The third-order valence-electron chi connectivity index (χ3n) is 5.22. The molecule has 0 aromatic heterocycles. The summed E-state index contributed by atoms with van der Waals surface area (Å²) < 4.78 is 0. The third-order valence-corrected chi connectivity index (χ3v) is 5.22. The van der Waals surface area contributed by atoms with Crippen molar-refractivity contribution in [1.82, 2.24) is 5.32 Å². The van der Waals surface area contributed by atoms with Crippen LogP contribution in [0.1, 0.15) is 42.9 Å². The molecule has 1 nitrogen and oxygen atoms in total. The molecule has 1 aliphatic rings. The van der Waals surface area contributed by atoms with E-state index in [2.05, 4.69) is 80.8 Å². The van der Waals surface area contributed by atoms with Gasteiger partial charge in [-0.3, -0.25) is 0 Å². The fourth-order valence-electron chi connectivity index (χ4n) is 3.70. The quantitative estimate of drug-likeness (QED) is 0.861. The Balaban J connectivity index is 1.77. The molecule has 2 atom stereocenters. The fraction of sp³-hybridized carbons (Fsp3) is 0.400. The minimum absolute atomic E-state index is 0.139. The molecule has 1 N–H and O–H groups in total. The molecule has 0 heterocycles. The summed E-state index contributed by atoms with van der Waals surface area (Å²) in [5, 5.41) is 3.57. The lowest BCUT2D eigenvalue weighted by molar-refractivity contribution is 0.311. The van der Waals surface area contributed by atoms with Crippen LogP contribution >= 0.6 is 0 Å². The van der Waals surface area contributed by atoms with Crippen LogP contribution in [0.15, 0.2) is 54.6 Å². The van der Waals surface area contributed by atoms with E-state index in [-0.39, 0.29) is 5.41 Å². The molecular formula is C20H25N. The number of likely N-dealkylation sites (N-methyl/N-ethyl adjacent to an activating group) is 1. The number of fused-ring (bicyclic) bond motifs is 1. The monoisotopic (exact) mass is 279 g/mol. The van der Waals surface area contributed by atoms with E-state index in [1.807, 2.05) is 0 Å². The van der Waals surface area contributed by atoms with Crippen molar-refractivity contribution in [2.75, 3.05) is 7.05 Å². The minimum atomic E-state index is 0.139. The molecule has 1 aliphatic carbocycles. The van der Waals surface area contributed by atoms with Gasteiger partial charge in [-0.25, -0.2) is 0 Å². The van der Waals surface area contributed by atoms with Gasteiger partial charge in [0.2, 0.25) is 0 Å². The van der Waals surface area contributed by atoms with Gasteiger partial charge >= 0.3 is 0 Å². The van der Waals surface area contributed by atoms with Crippen LogP contribution < -0.4 is 5.32 Å². The lowest BCUT2D eigenvalue weighted by Gasteiger charge is -2.40. The summed E-state index contributed by atoms with van der Waals surface area (Å²) in [6, 6.07) is 20.2. The van der Waals surface area contributed by atoms with Crippen molar-refractivity contribution in [2.24, 2.45) is 0 Å². The summed E-state index contributed by atoms with van der Waals surface area (Å²) in [7, 11) is 2.10. The van der Waals surface area contributed by atoms with Gasteiger partial charge in [0.25, 0.3) is 0 Å². The van der Waals surface area contributed by atoms with E-state index in [1.54, 1.807) is 5.56 Å². The van der Waals surface area contributed by atoms with Crippen LogP contribution in [-0.4, -0.2) is 13.1 Å². The molecule has 3 rings (SSSR count). The summed E-state index contributed by atoms with van der Waals surface area (Å²) in [5.41, 5.74) is 4.65. The highest BCUT2D eigenvalue weighted by Gasteiger charge is 2.35. The van der Waals surface area contributed by atoms with E-state index < -0.39 is 0 Å². The lowest BCUT2D eigenvalue weighted by Crippen LogP contribution is -2.45. The number of hydrogen-bond acceptors (Lipinski definition) is 1. The van der Waals surface area contributed by atoms with Gasteiger partial charge in [-0.15, -0.1) is 0 Å². The second-order valence-corrected chi connectivity index (χ2v) is 6.76. The van der Waals surface area contributed by atoms with Crippen LogP contribution in [0.4, 0.5) is 0 Å². The highest BCUT2D eigenvalue weighted by atomic mass is 14.9. The first-order chi connectivity index (χ1) is 10.1. The largest absolute Gasteiger partial charge is 0.316 e. The van der Waals surface area contributed by atoms with Crippen LogP contribution in [0.25, 0.3) is 0 Å². The second-order valence-electron chi connectivity index (χ2n) is 6.76. The molecule has 2 aromatic carbocycles. The standard InChI is InChI=1S/C20H25N/c1-20(2,17-10-5-4-6-11-17)19(21-3)14-16-13-15-9-7-8-12-18(15)16/h4-12,16,19,21H,13-14H2,1-3H3. The van der Waals surface area contributed by atoms with Crippen LogP contribution in [0.3, 0.4) is 0 Å². The molecule has 2 aromatic rings. The molecule has 1 heteroatoms. The van der Waals surface area contributed by atoms with E-state index in [1.165, 1.54) is 24.0 Å². The molecule has 0 radical (unpaired) electrons. The van der Waals surface area contributed by atoms with Crippen molar-refractivity contribution < 1.29 is 0 Å². The van der Waals surface area contributed by atoms with Gasteiger partial charge in [0.05, 0.1) is 0 Å². The smallest absolute Gasteiger partial charge is 0.0162 e. The summed E-state index contributed by atoms with van der Waals surface area (Å²) >= 11 is 0. The normalized spacial score (nSPS) is 18.7. The highest BCUT2D eigenvalue weighted by molar-refractivity contribution is 5.40. The van der Waals surface area contributed by atoms with Gasteiger partial charge in [0, 0.05) is 11.5 Å². The Bertz CT molecular complexity index is 600. The zero-order chi connectivity index (χ0) is 14.9. The lowest BCUT2D eigenvalue weighted by atomic mass is 9.68. The molecule has 21 heavy (non-hydrogen) atoms. The van der Waals surface area contributed by atoms with Crippen molar-refractivity contribution in [2.45, 2.75) is 44.1 Å². The maximum Gasteiger partial charge on any atom is 0.0162 e. The average molecular weight is 279 g/mol. The SMILES string of the molecule is CNC(CC1Cc2ccccc21)C(C)(C)c1ccccc1. The first-order valence-corrected chi connectivity index (χ1v) is 7.93. The van der Waals surface area contributed by atoms with E-state index in [4.69, 9.17) is 0 Å². The Labute approximate surface area is 128 Å². The molecule has 110 valence electrons. The molecule has 0 aliphatic heterocycles. The number of rotatable bonds is 5. The summed E-state index contributed by atoms with van der Waals surface area (Å²) in [6.45, 7) is 4.71. The molecular weight excluding hydrogens is 254 g/mol. The topological polar surface area (TPSA) is 12.0 Å². The highest BCUT2D eigenvalue weighted by Crippen LogP contribution is 2.41. The molecule has 0 saturated heterocycles. The van der Waals surface area contributed by atoms with Gasteiger partial charge < -0.3 is 5.32 Å². The fourth-order valence-corrected chi connectivity index (χ4v) is 3.70. The van der Waals surface area contributed by atoms with Gasteiger partial charge in [0.1, 0.15) is 0 Å². The third kappa shape index (κ3) is 2.63. The van der Waals surface area contributed by atoms with E-state index in [0.29, 0.717) is 12.0 Å². The Kier molecular flexibility index (Phi) is 3.86. The minimum Gasteiger partial charge on any atom is -0.316 e.